The third kappa shape index (κ3) is 1.93. The normalized spacial score (nSPS) is 26.1. The summed E-state index contributed by atoms with van der Waals surface area (Å²) in [7, 11) is 0. The van der Waals surface area contributed by atoms with Crippen LogP contribution in [0.1, 0.15) is 61.2 Å². The number of nitrogen functional groups attached to an aromatic ring is 1. The highest BCUT2D eigenvalue weighted by molar-refractivity contribution is 7.19. The Hall–Kier alpha value is -1.16. The Kier molecular flexibility index (Phi) is 2.95. The molecule has 0 radical (unpaired) electrons. The average Bonchev–Trinajstić information content (AvgIpc) is 3.01. The molecule has 1 fully saturated rings. The third-order valence-corrected chi connectivity index (χ3v) is 6.11. The molecule has 0 bridgehead atoms. The zero-order chi connectivity index (χ0) is 13.7. The summed E-state index contributed by atoms with van der Waals surface area (Å²) >= 11 is 1.86. The number of aryl methyl sites for hydroxylation is 2. The molecular weight excluding hydrogens is 266 g/mol. The maximum atomic E-state index is 6.28. The largest absolute Gasteiger partial charge is 0.383 e. The van der Waals surface area contributed by atoms with Crippen LogP contribution in [0.25, 0.3) is 10.2 Å². The van der Waals surface area contributed by atoms with Gasteiger partial charge in [-0.1, -0.05) is 6.92 Å². The molecule has 2 atom stereocenters. The van der Waals surface area contributed by atoms with Gasteiger partial charge in [-0.25, -0.2) is 9.97 Å². The monoisotopic (exact) mass is 287 g/mol. The number of hydrogen-bond acceptors (Lipinski definition) is 4. The van der Waals surface area contributed by atoms with E-state index in [0.717, 1.165) is 28.8 Å². The quantitative estimate of drug-likeness (QED) is 0.860. The number of hydrogen-bond donors (Lipinski definition) is 1. The lowest BCUT2D eigenvalue weighted by Gasteiger charge is -2.12. The molecule has 0 spiro atoms. The molecule has 1 saturated carbocycles. The first-order valence-electron chi connectivity index (χ1n) is 7.80. The number of rotatable bonds is 1. The summed E-state index contributed by atoms with van der Waals surface area (Å²) in [6.45, 7) is 2.33. The van der Waals surface area contributed by atoms with E-state index in [4.69, 9.17) is 10.7 Å². The van der Waals surface area contributed by atoms with Gasteiger partial charge in [-0.2, -0.15) is 0 Å². The Balaban J connectivity index is 1.82. The molecule has 0 amide bonds. The van der Waals surface area contributed by atoms with Crippen LogP contribution in [-0.2, 0) is 12.8 Å². The minimum Gasteiger partial charge on any atom is -0.383 e. The zero-order valence-corrected chi connectivity index (χ0v) is 12.8. The van der Waals surface area contributed by atoms with Gasteiger partial charge in [-0.3, -0.25) is 0 Å². The van der Waals surface area contributed by atoms with Gasteiger partial charge in [0.2, 0.25) is 0 Å². The van der Waals surface area contributed by atoms with Gasteiger partial charge in [0.05, 0.1) is 5.39 Å². The predicted octanol–water partition coefficient (Wildman–Crippen LogP) is 4.06. The van der Waals surface area contributed by atoms with Crippen LogP contribution in [0.5, 0.6) is 0 Å². The number of fused-ring (bicyclic) bond motifs is 3. The van der Waals surface area contributed by atoms with Gasteiger partial charge in [0.15, 0.2) is 0 Å². The number of nitrogens with zero attached hydrogens (tertiary/aromatic N) is 2. The second kappa shape index (κ2) is 4.69. The van der Waals surface area contributed by atoms with Crippen molar-refractivity contribution in [2.75, 3.05) is 5.73 Å². The van der Waals surface area contributed by atoms with E-state index in [1.54, 1.807) is 0 Å². The fourth-order valence-corrected chi connectivity index (χ4v) is 5.10. The van der Waals surface area contributed by atoms with Crippen LogP contribution in [0.3, 0.4) is 0 Å². The van der Waals surface area contributed by atoms with E-state index in [1.165, 1.54) is 54.4 Å². The molecule has 2 aliphatic rings. The van der Waals surface area contributed by atoms with Crippen LogP contribution in [0.15, 0.2) is 0 Å². The van der Waals surface area contributed by atoms with Crippen LogP contribution >= 0.6 is 11.3 Å². The van der Waals surface area contributed by atoms with E-state index in [0.29, 0.717) is 5.92 Å². The Labute approximate surface area is 123 Å². The molecule has 2 heterocycles. The smallest absolute Gasteiger partial charge is 0.136 e. The molecule has 2 aliphatic carbocycles. The summed E-state index contributed by atoms with van der Waals surface area (Å²) < 4.78 is 0. The first kappa shape index (κ1) is 12.6. The minimum atomic E-state index is 0.524. The first-order valence-corrected chi connectivity index (χ1v) is 8.61. The number of anilines is 1. The van der Waals surface area contributed by atoms with Gasteiger partial charge in [0.25, 0.3) is 0 Å². The lowest BCUT2D eigenvalue weighted by Crippen LogP contribution is -2.05. The van der Waals surface area contributed by atoms with Crippen molar-refractivity contribution in [1.82, 2.24) is 9.97 Å². The van der Waals surface area contributed by atoms with Crippen LogP contribution in [0.4, 0.5) is 5.82 Å². The molecule has 20 heavy (non-hydrogen) atoms. The maximum absolute atomic E-state index is 6.28. The fourth-order valence-electron chi connectivity index (χ4n) is 3.83. The van der Waals surface area contributed by atoms with Gasteiger partial charge in [-0.05, 0) is 56.4 Å². The molecule has 106 valence electrons. The third-order valence-electron chi connectivity index (χ3n) is 4.92. The van der Waals surface area contributed by atoms with Crippen LogP contribution in [0, 0.1) is 5.92 Å². The highest BCUT2D eigenvalue weighted by Gasteiger charge is 2.27. The molecule has 4 heteroatoms. The van der Waals surface area contributed by atoms with E-state index in [9.17, 15) is 0 Å². The minimum absolute atomic E-state index is 0.524. The van der Waals surface area contributed by atoms with Crippen molar-refractivity contribution in [3.8, 4) is 0 Å². The van der Waals surface area contributed by atoms with Crippen molar-refractivity contribution < 1.29 is 0 Å². The van der Waals surface area contributed by atoms with Gasteiger partial charge >= 0.3 is 0 Å². The van der Waals surface area contributed by atoms with Crippen molar-refractivity contribution in [1.29, 1.82) is 0 Å². The Morgan fingerprint density at radius 3 is 2.80 bits per heavy atom. The zero-order valence-electron chi connectivity index (χ0n) is 12.0. The average molecular weight is 287 g/mol. The second-order valence-corrected chi connectivity index (χ2v) is 7.56. The summed E-state index contributed by atoms with van der Waals surface area (Å²) in [5.74, 6) is 3.05. The van der Waals surface area contributed by atoms with E-state index >= 15 is 0 Å². The van der Waals surface area contributed by atoms with Crippen LogP contribution in [-0.4, -0.2) is 9.97 Å². The lowest BCUT2D eigenvalue weighted by molar-refractivity contribution is 0.587. The van der Waals surface area contributed by atoms with Gasteiger partial charge in [0, 0.05) is 10.8 Å². The molecule has 0 aliphatic heterocycles. The standard InChI is InChI=1S/C16H21N3S/c1-9-6-7-10(8-9)15-18-14(17)13-11-4-2-3-5-12(11)20-16(13)19-15/h9-10H,2-8H2,1H3,(H2,17,18,19). The van der Waals surface area contributed by atoms with Crippen molar-refractivity contribution >= 4 is 27.4 Å². The fraction of sp³-hybridized carbons (Fsp3) is 0.625. The molecule has 4 rings (SSSR count). The molecule has 0 aromatic carbocycles. The highest BCUT2D eigenvalue weighted by Crippen LogP contribution is 2.41. The summed E-state index contributed by atoms with van der Waals surface area (Å²) in [6, 6.07) is 0. The Morgan fingerprint density at radius 2 is 2.00 bits per heavy atom. The van der Waals surface area contributed by atoms with Crippen molar-refractivity contribution in [2.24, 2.45) is 5.92 Å². The van der Waals surface area contributed by atoms with E-state index in [1.807, 2.05) is 11.3 Å². The van der Waals surface area contributed by atoms with Crippen LogP contribution < -0.4 is 5.73 Å². The summed E-state index contributed by atoms with van der Waals surface area (Å²) in [6.07, 6.45) is 8.68. The Morgan fingerprint density at radius 1 is 1.15 bits per heavy atom. The maximum Gasteiger partial charge on any atom is 0.136 e. The summed E-state index contributed by atoms with van der Waals surface area (Å²) in [4.78, 5) is 12.2. The van der Waals surface area contributed by atoms with Crippen LogP contribution in [0.2, 0.25) is 0 Å². The summed E-state index contributed by atoms with van der Waals surface area (Å²) in [5, 5.41) is 1.17. The first-order chi connectivity index (χ1) is 9.72. The van der Waals surface area contributed by atoms with Crippen molar-refractivity contribution in [3.05, 3.63) is 16.3 Å². The number of aromatic nitrogens is 2. The summed E-state index contributed by atoms with van der Waals surface area (Å²) in [5.41, 5.74) is 7.73. The lowest BCUT2D eigenvalue weighted by atomic mass is 9.97. The molecular formula is C16H21N3S. The van der Waals surface area contributed by atoms with Crippen molar-refractivity contribution in [2.45, 2.75) is 57.8 Å². The SMILES string of the molecule is CC1CCC(c2nc(N)c3c4c(sc3n2)CCCC4)C1. The molecule has 2 unspecified atom stereocenters. The van der Waals surface area contributed by atoms with E-state index in [-0.39, 0.29) is 0 Å². The second-order valence-electron chi connectivity index (χ2n) is 6.47. The molecule has 2 N–H and O–H groups in total. The Bertz CT molecular complexity index is 661. The topological polar surface area (TPSA) is 51.8 Å². The van der Waals surface area contributed by atoms with E-state index in [2.05, 4.69) is 11.9 Å². The van der Waals surface area contributed by atoms with Crippen molar-refractivity contribution in [3.63, 3.8) is 0 Å². The molecule has 2 aromatic rings. The molecule has 2 aromatic heterocycles. The number of thiophene rings is 1. The number of nitrogens with two attached hydrogens (primary N) is 1. The predicted molar refractivity (Wildman–Crippen MR) is 84.2 cm³/mol. The van der Waals surface area contributed by atoms with Gasteiger partial charge < -0.3 is 5.73 Å². The molecule has 3 nitrogen and oxygen atoms in total. The van der Waals surface area contributed by atoms with E-state index < -0.39 is 0 Å². The van der Waals surface area contributed by atoms with Gasteiger partial charge in [-0.15, -0.1) is 11.3 Å². The highest BCUT2D eigenvalue weighted by atomic mass is 32.1. The van der Waals surface area contributed by atoms with Gasteiger partial charge in [0.1, 0.15) is 16.5 Å². The molecule has 0 saturated heterocycles.